The van der Waals surface area contributed by atoms with Crippen molar-refractivity contribution >= 4 is 44.8 Å². The normalized spacial score (nSPS) is 12.5. The van der Waals surface area contributed by atoms with Crippen LogP contribution in [0.2, 0.25) is 0 Å². The molecule has 0 bridgehead atoms. The Bertz CT molecular complexity index is 1660. The smallest absolute Gasteiger partial charge is 0.150 e. The second kappa shape index (κ2) is 12.8. The summed E-state index contributed by atoms with van der Waals surface area (Å²) in [4.78, 5) is 14.7. The summed E-state index contributed by atoms with van der Waals surface area (Å²) in [6.45, 7) is 2.00. The highest BCUT2D eigenvalue weighted by Gasteiger charge is 2.17. The molecule has 2 heterocycles. The molecule has 1 aliphatic heterocycles. The molecule has 6 aromatic rings. The Kier molecular flexibility index (Phi) is 8.32. The van der Waals surface area contributed by atoms with Crippen LogP contribution >= 0.6 is 11.3 Å². The van der Waals surface area contributed by atoms with Crippen LogP contribution < -0.4 is 4.90 Å². The standard InChI is InChI=1S/C33H23NOS.C4H8O/c35-23-24-15-17-26(18-16-24)33-32(30-13-7-8-14-31(30)36-33)25-19-21-29(22-20-25)34(27-9-3-1-4-10-27)28-11-5-2-6-12-28;1-2-4-5-3-1/h1-23H;1-4H2. The van der Waals surface area contributed by atoms with E-state index in [0.717, 1.165) is 42.1 Å². The fourth-order valence-corrected chi connectivity index (χ4v) is 6.37. The maximum absolute atomic E-state index is 11.2. The van der Waals surface area contributed by atoms with Crippen molar-refractivity contribution in [1.82, 2.24) is 0 Å². The van der Waals surface area contributed by atoms with Crippen LogP contribution in [0.5, 0.6) is 0 Å². The van der Waals surface area contributed by atoms with Gasteiger partial charge in [-0.1, -0.05) is 91.0 Å². The molecule has 0 N–H and O–H groups in total. The number of aldehydes is 1. The molecule has 1 fully saturated rings. The first-order chi connectivity index (χ1) is 20.3. The van der Waals surface area contributed by atoms with Crippen LogP contribution in [0.3, 0.4) is 0 Å². The topological polar surface area (TPSA) is 29.5 Å². The largest absolute Gasteiger partial charge is 0.381 e. The molecular formula is C37H31NO2S. The van der Waals surface area contributed by atoms with Gasteiger partial charge in [-0.2, -0.15) is 0 Å². The number of hydrogen-bond acceptors (Lipinski definition) is 4. The third-order valence-corrected chi connectivity index (χ3v) is 8.39. The van der Waals surface area contributed by atoms with E-state index in [1.807, 2.05) is 36.4 Å². The van der Waals surface area contributed by atoms with Crippen LogP contribution in [0, 0.1) is 0 Å². The first-order valence-electron chi connectivity index (χ1n) is 14.0. The Morgan fingerprint density at radius 1 is 0.585 bits per heavy atom. The van der Waals surface area contributed by atoms with Gasteiger partial charge in [-0.05, 0) is 66.4 Å². The molecule has 1 aromatic heterocycles. The molecule has 0 saturated carbocycles. The van der Waals surface area contributed by atoms with Gasteiger partial charge >= 0.3 is 0 Å². The van der Waals surface area contributed by atoms with Gasteiger partial charge in [0.2, 0.25) is 0 Å². The van der Waals surface area contributed by atoms with Gasteiger partial charge in [0, 0.05) is 56.4 Å². The zero-order valence-electron chi connectivity index (χ0n) is 22.8. The van der Waals surface area contributed by atoms with E-state index in [2.05, 4.69) is 102 Å². The van der Waals surface area contributed by atoms with Crippen molar-refractivity contribution in [2.75, 3.05) is 18.1 Å². The molecular weight excluding hydrogens is 522 g/mol. The Morgan fingerprint density at radius 2 is 1.12 bits per heavy atom. The summed E-state index contributed by atoms with van der Waals surface area (Å²) in [5, 5.41) is 1.24. The zero-order valence-corrected chi connectivity index (χ0v) is 23.6. The predicted octanol–water partition coefficient (Wildman–Crippen LogP) is 10.3. The van der Waals surface area contributed by atoms with Crippen LogP contribution in [0.25, 0.3) is 31.7 Å². The quantitative estimate of drug-likeness (QED) is 0.192. The van der Waals surface area contributed by atoms with Crippen molar-refractivity contribution in [2.45, 2.75) is 12.8 Å². The molecule has 202 valence electrons. The van der Waals surface area contributed by atoms with E-state index in [1.54, 1.807) is 11.3 Å². The molecule has 41 heavy (non-hydrogen) atoms. The number of thiophene rings is 1. The fourth-order valence-electron chi connectivity index (χ4n) is 5.14. The molecule has 5 aromatic carbocycles. The van der Waals surface area contributed by atoms with Crippen LogP contribution in [0.1, 0.15) is 23.2 Å². The lowest BCUT2D eigenvalue weighted by molar-refractivity contribution is 0.112. The number of carbonyl (C=O) groups is 1. The van der Waals surface area contributed by atoms with Gasteiger partial charge in [-0.25, -0.2) is 0 Å². The van der Waals surface area contributed by atoms with E-state index in [-0.39, 0.29) is 0 Å². The van der Waals surface area contributed by atoms with Crippen molar-refractivity contribution in [2.24, 2.45) is 0 Å². The average molecular weight is 554 g/mol. The maximum atomic E-state index is 11.2. The highest BCUT2D eigenvalue weighted by Crippen LogP contribution is 2.45. The van der Waals surface area contributed by atoms with Gasteiger partial charge < -0.3 is 9.64 Å². The summed E-state index contributed by atoms with van der Waals surface area (Å²) < 4.78 is 6.20. The highest BCUT2D eigenvalue weighted by atomic mass is 32.1. The number of carbonyl (C=O) groups excluding carboxylic acids is 1. The van der Waals surface area contributed by atoms with E-state index in [1.165, 1.54) is 38.9 Å². The Hall–Kier alpha value is -4.51. The number of fused-ring (bicyclic) bond motifs is 1. The summed E-state index contributed by atoms with van der Waals surface area (Å²) in [5.74, 6) is 0. The van der Waals surface area contributed by atoms with Gasteiger partial charge in [-0.15, -0.1) is 11.3 Å². The third kappa shape index (κ3) is 5.99. The van der Waals surface area contributed by atoms with E-state index in [4.69, 9.17) is 4.74 Å². The molecule has 0 spiro atoms. The Morgan fingerprint density at radius 3 is 1.68 bits per heavy atom. The minimum absolute atomic E-state index is 0.688. The SMILES string of the molecule is C1CCOC1.O=Cc1ccc(-c2sc3ccccc3c2-c2ccc(N(c3ccccc3)c3ccccc3)cc2)cc1. The molecule has 7 rings (SSSR count). The van der Waals surface area contributed by atoms with Crippen LogP contribution in [0.4, 0.5) is 17.1 Å². The van der Waals surface area contributed by atoms with Crippen LogP contribution in [0.15, 0.2) is 133 Å². The molecule has 3 nitrogen and oxygen atoms in total. The number of ether oxygens (including phenoxy) is 1. The Labute approximate surface area is 245 Å². The van der Waals surface area contributed by atoms with Gasteiger partial charge in [0.1, 0.15) is 6.29 Å². The first-order valence-corrected chi connectivity index (χ1v) is 14.8. The monoisotopic (exact) mass is 553 g/mol. The zero-order chi connectivity index (χ0) is 27.9. The van der Waals surface area contributed by atoms with Crippen molar-refractivity contribution in [3.8, 4) is 21.6 Å². The second-order valence-electron chi connectivity index (χ2n) is 9.92. The summed E-state index contributed by atoms with van der Waals surface area (Å²) in [7, 11) is 0. The number of para-hydroxylation sites is 2. The number of rotatable bonds is 6. The molecule has 0 atom stereocenters. The van der Waals surface area contributed by atoms with Crippen molar-refractivity contribution in [3.05, 3.63) is 139 Å². The van der Waals surface area contributed by atoms with Gasteiger partial charge in [-0.3, -0.25) is 4.79 Å². The van der Waals surface area contributed by atoms with Crippen LogP contribution in [-0.4, -0.2) is 19.5 Å². The molecule has 0 radical (unpaired) electrons. The average Bonchev–Trinajstić information content (AvgIpc) is 3.75. The second-order valence-corrected chi connectivity index (χ2v) is 11.0. The minimum Gasteiger partial charge on any atom is -0.381 e. The molecule has 1 saturated heterocycles. The maximum Gasteiger partial charge on any atom is 0.150 e. The number of benzene rings is 5. The minimum atomic E-state index is 0.688. The van der Waals surface area contributed by atoms with Gasteiger partial charge in [0.25, 0.3) is 0 Å². The van der Waals surface area contributed by atoms with E-state index in [0.29, 0.717) is 5.56 Å². The molecule has 0 amide bonds. The number of nitrogens with zero attached hydrogens (tertiary/aromatic N) is 1. The molecule has 0 aliphatic carbocycles. The van der Waals surface area contributed by atoms with E-state index in [9.17, 15) is 4.79 Å². The number of anilines is 3. The lowest BCUT2D eigenvalue weighted by Crippen LogP contribution is -2.09. The van der Waals surface area contributed by atoms with E-state index >= 15 is 0 Å². The molecule has 1 aliphatic rings. The fraction of sp³-hybridized carbons (Fsp3) is 0.108. The highest BCUT2D eigenvalue weighted by molar-refractivity contribution is 7.23. The number of hydrogen-bond donors (Lipinski definition) is 0. The first kappa shape index (κ1) is 26.7. The summed E-state index contributed by atoms with van der Waals surface area (Å²) in [6, 6.07) is 46.1. The van der Waals surface area contributed by atoms with E-state index < -0.39 is 0 Å². The summed E-state index contributed by atoms with van der Waals surface area (Å²) >= 11 is 1.79. The van der Waals surface area contributed by atoms with Crippen molar-refractivity contribution in [3.63, 3.8) is 0 Å². The predicted molar refractivity (Wildman–Crippen MR) is 173 cm³/mol. The van der Waals surface area contributed by atoms with Gasteiger partial charge in [0.15, 0.2) is 0 Å². The van der Waals surface area contributed by atoms with Crippen molar-refractivity contribution in [1.29, 1.82) is 0 Å². The third-order valence-electron chi connectivity index (χ3n) is 7.17. The molecule has 4 heteroatoms. The lowest BCUT2D eigenvalue weighted by atomic mass is 9.98. The van der Waals surface area contributed by atoms with Crippen LogP contribution in [-0.2, 0) is 4.74 Å². The van der Waals surface area contributed by atoms with Crippen molar-refractivity contribution < 1.29 is 9.53 Å². The lowest BCUT2D eigenvalue weighted by Gasteiger charge is -2.25. The Balaban J connectivity index is 0.000000548. The molecule has 0 unspecified atom stereocenters. The summed E-state index contributed by atoms with van der Waals surface area (Å²) in [5.41, 5.74) is 7.55. The van der Waals surface area contributed by atoms with Gasteiger partial charge in [0.05, 0.1) is 0 Å². The summed E-state index contributed by atoms with van der Waals surface area (Å²) in [6.07, 6.45) is 3.44.